The lowest BCUT2D eigenvalue weighted by Gasteiger charge is -2.39. The number of anilines is 2. The Balaban J connectivity index is 1.63. The van der Waals surface area contributed by atoms with Crippen molar-refractivity contribution in [3.05, 3.63) is 95.1 Å². The molecule has 0 saturated carbocycles. The van der Waals surface area contributed by atoms with Crippen LogP contribution < -0.4 is 10.2 Å². The van der Waals surface area contributed by atoms with Gasteiger partial charge >= 0.3 is 5.97 Å². The number of allylic oxidation sites excluding steroid dienone is 1. The van der Waals surface area contributed by atoms with Crippen LogP contribution in [0.3, 0.4) is 0 Å². The third-order valence-corrected chi connectivity index (χ3v) is 6.67. The Labute approximate surface area is 191 Å². The second-order valence-electron chi connectivity index (χ2n) is 9.65. The average Bonchev–Trinajstić information content (AvgIpc) is 3.39. The number of fused-ring (bicyclic) bond motifs is 2. The summed E-state index contributed by atoms with van der Waals surface area (Å²) < 4.78 is 11.9. The number of benzene rings is 2. The Hall–Kier alpha value is -3.80. The third kappa shape index (κ3) is 3.09. The highest BCUT2D eigenvalue weighted by molar-refractivity contribution is 6.01. The fraction of sp³-hybridized carbons (Fsp3) is 0.259. The number of carbonyl (C=O) groups excluding carboxylic acids is 2. The minimum absolute atomic E-state index is 0.0746. The van der Waals surface area contributed by atoms with Gasteiger partial charge < -0.3 is 19.4 Å². The zero-order chi connectivity index (χ0) is 22.7. The predicted molar refractivity (Wildman–Crippen MR) is 124 cm³/mol. The number of ketones is 1. The first-order valence-corrected chi connectivity index (χ1v) is 11.2. The number of nitrogens with zero attached hydrogens (tertiary/aromatic N) is 1. The van der Waals surface area contributed by atoms with Crippen molar-refractivity contribution in [3.63, 3.8) is 0 Å². The number of hydrogen-bond donors (Lipinski definition) is 1. The number of nitrogens with one attached hydrogen (secondary N) is 1. The third-order valence-electron chi connectivity index (χ3n) is 6.67. The Morgan fingerprint density at radius 1 is 0.970 bits per heavy atom. The molecule has 6 heteroatoms. The molecule has 1 N–H and O–H groups in total. The van der Waals surface area contributed by atoms with Crippen LogP contribution in [0.4, 0.5) is 11.4 Å². The van der Waals surface area contributed by atoms with Gasteiger partial charge in [-0.25, -0.2) is 4.79 Å². The van der Waals surface area contributed by atoms with E-state index in [4.69, 9.17) is 9.15 Å². The number of ether oxygens (including phenoxy) is 1. The molecule has 0 fully saturated rings. The van der Waals surface area contributed by atoms with E-state index in [2.05, 4.69) is 19.2 Å². The van der Waals surface area contributed by atoms with Gasteiger partial charge in [0.2, 0.25) is 6.23 Å². The van der Waals surface area contributed by atoms with E-state index in [0.717, 1.165) is 29.1 Å². The van der Waals surface area contributed by atoms with Crippen molar-refractivity contribution in [2.45, 2.75) is 39.0 Å². The first kappa shape index (κ1) is 19.9. The first-order valence-electron chi connectivity index (χ1n) is 11.2. The summed E-state index contributed by atoms with van der Waals surface area (Å²) in [6.45, 7) is 4.23. The summed E-state index contributed by atoms with van der Waals surface area (Å²) in [4.78, 5) is 28.4. The molecule has 0 unspecified atom stereocenters. The zero-order valence-corrected chi connectivity index (χ0v) is 18.5. The quantitative estimate of drug-likeness (QED) is 0.511. The van der Waals surface area contributed by atoms with Crippen LogP contribution in [0.2, 0.25) is 0 Å². The molecule has 6 rings (SSSR count). The lowest BCUT2D eigenvalue weighted by atomic mass is 9.74. The van der Waals surface area contributed by atoms with Gasteiger partial charge in [-0.3, -0.25) is 4.79 Å². The van der Waals surface area contributed by atoms with Crippen LogP contribution in [-0.2, 0) is 9.53 Å². The van der Waals surface area contributed by atoms with Crippen molar-refractivity contribution in [2.24, 2.45) is 5.41 Å². The van der Waals surface area contributed by atoms with Crippen LogP contribution in [0.1, 0.15) is 60.6 Å². The fourth-order valence-corrected chi connectivity index (χ4v) is 5.33. The van der Waals surface area contributed by atoms with Crippen molar-refractivity contribution >= 4 is 23.1 Å². The van der Waals surface area contributed by atoms with Gasteiger partial charge in [0, 0.05) is 23.3 Å². The maximum absolute atomic E-state index is 13.6. The molecular weight excluding hydrogens is 416 g/mol. The molecule has 2 aromatic carbocycles. The minimum Gasteiger partial charge on any atom is -0.467 e. The van der Waals surface area contributed by atoms with Crippen LogP contribution in [0.5, 0.6) is 0 Å². The second-order valence-corrected chi connectivity index (χ2v) is 9.65. The number of esters is 1. The smallest absolute Gasteiger partial charge is 0.340 e. The minimum atomic E-state index is -0.693. The van der Waals surface area contributed by atoms with Crippen molar-refractivity contribution < 1.29 is 18.7 Å². The number of hydrogen-bond acceptors (Lipinski definition) is 6. The van der Waals surface area contributed by atoms with E-state index in [-0.39, 0.29) is 17.2 Å². The average molecular weight is 440 g/mol. The molecule has 0 saturated heterocycles. The number of para-hydroxylation sites is 2. The Morgan fingerprint density at radius 2 is 1.76 bits per heavy atom. The molecule has 0 amide bonds. The van der Waals surface area contributed by atoms with Gasteiger partial charge in [-0.2, -0.15) is 0 Å². The normalized spacial score (nSPS) is 23.3. The molecule has 2 atom stereocenters. The fourth-order valence-electron chi connectivity index (χ4n) is 5.33. The van der Waals surface area contributed by atoms with Gasteiger partial charge in [-0.15, -0.1) is 0 Å². The zero-order valence-electron chi connectivity index (χ0n) is 18.5. The van der Waals surface area contributed by atoms with Gasteiger partial charge in [0.25, 0.3) is 0 Å². The van der Waals surface area contributed by atoms with E-state index >= 15 is 0 Å². The standard InChI is InChI=1S/C27H24N2O4/c1-27(2)14-19-23(21(30)15-27)24(22-12-7-13-32-22)29(20-11-6-5-10-18(20)28-19)25-16-8-3-4-9-17(16)26(31)33-25/h3-13,24-25,28H,14-15H2,1-2H3/t24-,25-/m1/s1. The highest BCUT2D eigenvalue weighted by Crippen LogP contribution is 2.52. The Morgan fingerprint density at radius 3 is 2.58 bits per heavy atom. The van der Waals surface area contributed by atoms with E-state index in [0.29, 0.717) is 23.3 Å². The maximum Gasteiger partial charge on any atom is 0.340 e. The molecule has 3 aromatic rings. The summed E-state index contributed by atoms with van der Waals surface area (Å²) in [5, 5.41) is 3.56. The lowest BCUT2D eigenvalue weighted by molar-refractivity contribution is -0.118. The van der Waals surface area contributed by atoms with E-state index in [1.54, 1.807) is 12.3 Å². The Kier molecular flexibility index (Phi) is 4.27. The van der Waals surface area contributed by atoms with Gasteiger partial charge in [-0.05, 0) is 42.2 Å². The monoisotopic (exact) mass is 440 g/mol. The Bertz CT molecular complexity index is 1310. The SMILES string of the molecule is CC1(C)CC(=O)C2=C(C1)Nc1ccccc1N([C@@H]1OC(=O)c3ccccc31)[C@@H]2c1ccco1. The summed E-state index contributed by atoms with van der Waals surface area (Å²) in [6, 6.07) is 18.5. The van der Waals surface area contributed by atoms with E-state index in [9.17, 15) is 9.59 Å². The van der Waals surface area contributed by atoms with Crippen molar-refractivity contribution in [1.82, 2.24) is 0 Å². The molecule has 2 aliphatic heterocycles. The molecule has 1 aliphatic carbocycles. The molecule has 6 nitrogen and oxygen atoms in total. The molecule has 33 heavy (non-hydrogen) atoms. The lowest BCUT2D eigenvalue weighted by Crippen LogP contribution is -2.38. The van der Waals surface area contributed by atoms with Crippen molar-refractivity contribution in [3.8, 4) is 0 Å². The van der Waals surface area contributed by atoms with Crippen molar-refractivity contribution in [2.75, 3.05) is 10.2 Å². The second kappa shape index (κ2) is 7.10. The molecule has 0 bridgehead atoms. The summed E-state index contributed by atoms with van der Waals surface area (Å²) in [5.41, 5.74) is 4.43. The van der Waals surface area contributed by atoms with Crippen LogP contribution in [0.15, 0.2) is 82.6 Å². The number of furan rings is 1. The molecular formula is C27H24N2O4. The van der Waals surface area contributed by atoms with Gasteiger partial charge in [0.15, 0.2) is 5.78 Å². The molecule has 3 heterocycles. The molecule has 1 aromatic heterocycles. The van der Waals surface area contributed by atoms with E-state index in [1.807, 2.05) is 59.5 Å². The first-order chi connectivity index (χ1) is 15.9. The topological polar surface area (TPSA) is 71.8 Å². The number of Topliss-reactive ketones (excluding diaryl/α,β-unsaturated/α-hetero) is 1. The van der Waals surface area contributed by atoms with E-state index < -0.39 is 12.3 Å². The highest BCUT2D eigenvalue weighted by atomic mass is 16.6. The highest BCUT2D eigenvalue weighted by Gasteiger charge is 2.47. The number of carbonyl (C=O) groups is 2. The summed E-state index contributed by atoms with van der Waals surface area (Å²) in [5.74, 6) is 0.342. The molecule has 3 aliphatic rings. The van der Waals surface area contributed by atoms with Crippen LogP contribution in [0, 0.1) is 5.41 Å². The molecule has 0 spiro atoms. The summed E-state index contributed by atoms with van der Waals surface area (Å²) in [6.07, 6.45) is 2.09. The maximum atomic E-state index is 13.6. The molecule has 166 valence electrons. The van der Waals surface area contributed by atoms with Gasteiger partial charge in [0.1, 0.15) is 11.8 Å². The predicted octanol–water partition coefficient (Wildman–Crippen LogP) is 5.77. The van der Waals surface area contributed by atoms with Crippen LogP contribution in [-0.4, -0.2) is 11.8 Å². The van der Waals surface area contributed by atoms with Crippen LogP contribution >= 0.6 is 0 Å². The van der Waals surface area contributed by atoms with Crippen LogP contribution in [0.25, 0.3) is 0 Å². The van der Waals surface area contributed by atoms with Gasteiger partial charge in [0.05, 0.1) is 23.2 Å². The van der Waals surface area contributed by atoms with Crippen molar-refractivity contribution in [1.29, 1.82) is 0 Å². The van der Waals surface area contributed by atoms with E-state index in [1.165, 1.54) is 0 Å². The number of cyclic esters (lactones) is 1. The number of rotatable bonds is 2. The van der Waals surface area contributed by atoms with Gasteiger partial charge in [-0.1, -0.05) is 44.2 Å². The largest absolute Gasteiger partial charge is 0.467 e. The molecule has 0 radical (unpaired) electrons. The summed E-state index contributed by atoms with van der Waals surface area (Å²) >= 11 is 0. The summed E-state index contributed by atoms with van der Waals surface area (Å²) in [7, 11) is 0.